The van der Waals surface area contributed by atoms with Crippen molar-refractivity contribution in [2.24, 2.45) is 0 Å². The summed E-state index contributed by atoms with van der Waals surface area (Å²) in [6, 6.07) is 6.54. The highest BCUT2D eigenvalue weighted by Gasteiger charge is 2.60. The number of nitrogens with zero attached hydrogens (tertiary/aromatic N) is 4. The lowest BCUT2D eigenvalue weighted by Gasteiger charge is -2.35. The molecule has 0 spiro atoms. The number of fused-ring (bicyclic) bond motifs is 2. The van der Waals surface area contributed by atoms with E-state index in [4.69, 9.17) is 33.5 Å². The minimum Gasteiger partial charge on any atom is -0.479 e. The molecule has 5 rings (SSSR count). The van der Waals surface area contributed by atoms with Crippen LogP contribution in [0.4, 0.5) is 5.95 Å². The summed E-state index contributed by atoms with van der Waals surface area (Å²) in [6.45, 7) is 1.03. The van der Waals surface area contributed by atoms with Crippen molar-refractivity contribution in [3.8, 4) is 5.88 Å². The number of aliphatic hydroxyl groups is 1. The Morgan fingerprint density at radius 3 is 2.86 bits per heavy atom. The van der Waals surface area contributed by atoms with Crippen LogP contribution in [0.1, 0.15) is 29.1 Å². The summed E-state index contributed by atoms with van der Waals surface area (Å²) in [5, 5.41) is 11.4. The molecular formula is C21H24N5O9P. The third-order valence-corrected chi connectivity index (χ3v) is 7.41. The number of ether oxygens (including phenoxy) is 3. The molecular weight excluding hydrogens is 497 g/mol. The molecule has 0 unspecified atom stereocenters. The monoisotopic (exact) mass is 521 g/mol. The number of carbonyl (C=O) groups is 1. The first-order valence-electron chi connectivity index (χ1n) is 10.8. The van der Waals surface area contributed by atoms with Crippen LogP contribution in [0.15, 0.2) is 30.6 Å². The zero-order chi connectivity index (χ0) is 25.7. The van der Waals surface area contributed by atoms with E-state index in [1.54, 1.807) is 24.3 Å². The number of aromatic nitrogens is 4. The van der Waals surface area contributed by atoms with Gasteiger partial charge in [0.2, 0.25) is 11.8 Å². The van der Waals surface area contributed by atoms with Gasteiger partial charge in [0.25, 0.3) is 0 Å². The van der Waals surface area contributed by atoms with Gasteiger partial charge in [-0.1, -0.05) is 18.2 Å². The van der Waals surface area contributed by atoms with Crippen molar-refractivity contribution in [3.63, 3.8) is 0 Å². The highest BCUT2D eigenvalue weighted by molar-refractivity contribution is 7.48. The number of imidazole rings is 1. The van der Waals surface area contributed by atoms with Gasteiger partial charge >= 0.3 is 13.8 Å². The summed E-state index contributed by atoms with van der Waals surface area (Å²) >= 11 is 0. The Kier molecular flexibility index (Phi) is 6.19. The van der Waals surface area contributed by atoms with Crippen molar-refractivity contribution < 1.29 is 42.2 Å². The van der Waals surface area contributed by atoms with E-state index in [-0.39, 0.29) is 36.3 Å². The molecule has 2 saturated heterocycles. The Morgan fingerprint density at radius 2 is 2.11 bits per heavy atom. The maximum atomic E-state index is 13.3. The van der Waals surface area contributed by atoms with Gasteiger partial charge in [0, 0.05) is 0 Å². The number of phosphoric acid groups is 1. The summed E-state index contributed by atoms with van der Waals surface area (Å²) < 4.78 is 47.3. The maximum absolute atomic E-state index is 13.3. The number of phosphoric ester groups is 1. The average molecular weight is 521 g/mol. The van der Waals surface area contributed by atoms with E-state index < -0.39 is 37.8 Å². The quantitative estimate of drug-likeness (QED) is 0.353. The summed E-state index contributed by atoms with van der Waals surface area (Å²) in [5.74, 6) is -0.460. The number of hydrogen-bond acceptors (Lipinski definition) is 13. The van der Waals surface area contributed by atoms with Gasteiger partial charge in [0.1, 0.15) is 17.8 Å². The fourth-order valence-corrected chi connectivity index (χ4v) is 5.72. The highest BCUT2D eigenvalue weighted by atomic mass is 31.2. The summed E-state index contributed by atoms with van der Waals surface area (Å²) in [4.78, 5) is 24.5. The Bertz CT molecular complexity index is 1360. The van der Waals surface area contributed by atoms with Gasteiger partial charge in [-0.2, -0.15) is 9.97 Å². The first-order valence-corrected chi connectivity index (χ1v) is 12.3. The Hall–Kier alpha value is -3.13. The van der Waals surface area contributed by atoms with Crippen molar-refractivity contribution in [3.05, 3.63) is 41.7 Å². The van der Waals surface area contributed by atoms with Gasteiger partial charge < -0.3 is 25.1 Å². The molecule has 3 N–H and O–H groups in total. The third-order valence-electron chi connectivity index (χ3n) is 6.01. The molecule has 2 aromatic heterocycles. The Balaban J connectivity index is 1.38. The molecule has 3 aromatic rings. The van der Waals surface area contributed by atoms with Gasteiger partial charge in [-0.25, -0.2) is 14.3 Å². The molecule has 0 saturated carbocycles. The highest BCUT2D eigenvalue weighted by Crippen LogP contribution is 2.59. The Morgan fingerprint density at radius 1 is 1.33 bits per heavy atom. The number of benzene rings is 1. The minimum atomic E-state index is -4.14. The number of nitrogen functional groups attached to an aromatic ring is 1. The summed E-state index contributed by atoms with van der Waals surface area (Å²) in [5.41, 5.74) is 5.34. The van der Waals surface area contributed by atoms with Crippen molar-refractivity contribution in [1.82, 2.24) is 19.5 Å². The number of hydrogen-bond donors (Lipinski definition) is 2. The van der Waals surface area contributed by atoms with Gasteiger partial charge in [0.05, 0.1) is 39.3 Å². The number of nitrogens with two attached hydrogens (primary N) is 1. The van der Waals surface area contributed by atoms with Crippen LogP contribution in [-0.4, -0.2) is 69.2 Å². The van der Waals surface area contributed by atoms with Crippen molar-refractivity contribution in [1.29, 1.82) is 0 Å². The van der Waals surface area contributed by atoms with E-state index in [0.717, 1.165) is 0 Å². The third kappa shape index (κ3) is 4.11. The van der Waals surface area contributed by atoms with Crippen molar-refractivity contribution in [2.75, 3.05) is 26.6 Å². The van der Waals surface area contributed by atoms with Crippen LogP contribution in [0.25, 0.3) is 11.2 Å². The van der Waals surface area contributed by atoms with Crippen LogP contribution in [-0.2, 0) is 34.2 Å². The van der Waals surface area contributed by atoms with Gasteiger partial charge in [-0.15, -0.1) is 0 Å². The topological polar surface area (TPSA) is 179 Å². The van der Waals surface area contributed by atoms with E-state index in [1.165, 1.54) is 32.0 Å². The molecule has 192 valence electrons. The lowest BCUT2D eigenvalue weighted by molar-refractivity contribution is -0.0911. The molecule has 14 nitrogen and oxygen atoms in total. The standard InChI is InChI=1S/C21H24N5O9P/c1-21(28)15-13(34-19(21)26-10-23-14-16(26)24-20(22)25-17(14)30-2)9-33-36(29,35-15)32-8-11-6-4-5-7-12(11)18(27)31-3/h4-7,10,13,15,19,28H,8-9H2,1-3H3,(H2,22,24,25)/t13-,15-,19-,21-,36+/m1/s1. The predicted octanol–water partition coefficient (Wildman–Crippen LogP) is 1.59. The molecule has 2 fully saturated rings. The number of carbonyl (C=O) groups excluding carboxylic acids is 1. The van der Waals surface area contributed by atoms with Crippen LogP contribution in [0.2, 0.25) is 0 Å². The molecule has 15 heteroatoms. The normalized spacial score (nSPS) is 29.7. The molecule has 1 aromatic carbocycles. The van der Waals surface area contributed by atoms with E-state index in [0.29, 0.717) is 11.1 Å². The number of anilines is 1. The van der Waals surface area contributed by atoms with E-state index >= 15 is 0 Å². The predicted molar refractivity (Wildman–Crippen MR) is 122 cm³/mol. The Labute approximate surface area is 204 Å². The number of esters is 1. The first-order chi connectivity index (χ1) is 17.2. The summed E-state index contributed by atoms with van der Waals surface area (Å²) in [7, 11) is -1.46. The number of rotatable bonds is 6. The van der Waals surface area contributed by atoms with Crippen LogP contribution >= 0.6 is 7.82 Å². The zero-order valence-corrected chi connectivity index (χ0v) is 20.5. The first kappa shape index (κ1) is 24.6. The van der Waals surface area contributed by atoms with Crippen molar-refractivity contribution >= 4 is 30.9 Å². The molecule has 2 aliphatic rings. The minimum absolute atomic E-state index is 0.0547. The second-order valence-corrected chi connectivity index (χ2v) is 9.98. The fourth-order valence-electron chi connectivity index (χ4n) is 4.27. The zero-order valence-electron chi connectivity index (χ0n) is 19.6. The van der Waals surface area contributed by atoms with Crippen molar-refractivity contribution in [2.45, 2.75) is 37.6 Å². The fraction of sp³-hybridized carbons (Fsp3) is 0.429. The molecule has 0 amide bonds. The summed E-state index contributed by atoms with van der Waals surface area (Å²) in [6.07, 6.45) is -1.52. The van der Waals surface area contributed by atoms with E-state index in [1.807, 2.05) is 0 Å². The average Bonchev–Trinajstić information content (AvgIpc) is 3.39. The van der Waals surface area contributed by atoms with Gasteiger partial charge in [-0.3, -0.25) is 18.1 Å². The van der Waals surface area contributed by atoms with Crippen LogP contribution < -0.4 is 10.5 Å². The van der Waals surface area contributed by atoms with Crippen LogP contribution in [0, 0.1) is 0 Å². The molecule has 0 aliphatic carbocycles. The maximum Gasteiger partial charge on any atom is 0.475 e. The second kappa shape index (κ2) is 9.07. The van der Waals surface area contributed by atoms with Gasteiger partial charge in [0.15, 0.2) is 17.4 Å². The number of methoxy groups -OCH3 is 2. The van der Waals surface area contributed by atoms with E-state index in [9.17, 15) is 14.5 Å². The molecule has 0 radical (unpaired) electrons. The smallest absolute Gasteiger partial charge is 0.475 e. The molecule has 5 atom stereocenters. The van der Waals surface area contributed by atoms with Gasteiger partial charge in [-0.05, 0) is 18.6 Å². The lowest BCUT2D eigenvalue weighted by Crippen LogP contribution is -2.47. The van der Waals surface area contributed by atoms with Crippen LogP contribution in [0.3, 0.4) is 0 Å². The van der Waals surface area contributed by atoms with E-state index in [2.05, 4.69) is 15.0 Å². The second-order valence-electron chi connectivity index (χ2n) is 8.36. The lowest BCUT2D eigenvalue weighted by atomic mass is 9.96. The molecule has 2 aliphatic heterocycles. The SMILES string of the molecule is COC(=O)c1ccccc1CO[P@@]1(=O)OC[C@H]2O[C@@H](n3cnc4c(OC)nc(N)nc43)[C@](C)(O)[C@@H]2O1. The molecule has 0 bridgehead atoms. The largest absolute Gasteiger partial charge is 0.479 e. The molecule has 4 heterocycles. The molecule has 36 heavy (non-hydrogen) atoms. The van der Waals surface area contributed by atoms with Crippen LogP contribution in [0.5, 0.6) is 5.88 Å².